The Labute approximate surface area is 151 Å². The summed E-state index contributed by atoms with van der Waals surface area (Å²) in [5.74, 6) is 1.18. The molecule has 1 aliphatic heterocycles. The monoisotopic (exact) mass is 387 g/mol. The third-order valence-corrected chi connectivity index (χ3v) is 5.46. The number of carbonyl (C=O) groups excluding carboxylic acids is 1. The molecule has 0 atom stereocenters. The van der Waals surface area contributed by atoms with E-state index in [2.05, 4.69) is 39.0 Å². The molecule has 2 aromatic carbocycles. The molecule has 1 fully saturated rings. The van der Waals surface area contributed by atoms with E-state index in [1.54, 1.807) is 7.11 Å². The van der Waals surface area contributed by atoms with Crippen LogP contribution in [0.25, 0.3) is 0 Å². The van der Waals surface area contributed by atoms with Gasteiger partial charge in [-0.1, -0.05) is 34.1 Å². The second-order valence-corrected chi connectivity index (χ2v) is 7.09. The largest absolute Gasteiger partial charge is 0.497 e. The number of rotatable bonds is 5. The van der Waals surface area contributed by atoms with Gasteiger partial charge in [0.15, 0.2) is 5.78 Å². The number of ketones is 1. The molecule has 2 aromatic rings. The highest BCUT2D eigenvalue weighted by Gasteiger charge is 2.26. The zero-order valence-corrected chi connectivity index (χ0v) is 15.5. The van der Waals surface area contributed by atoms with Crippen LogP contribution < -0.4 is 4.74 Å². The van der Waals surface area contributed by atoms with Crippen LogP contribution in [-0.2, 0) is 6.54 Å². The highest BCUT2D eigenvalue weighted by Crippen LogP contribution is 2.25. The van der Waals surface area contributed by atoms with Crippen molar-refractivity contribution in [1.82, 2.24) is 4.90 Å². The molecule has 1 saturated heterocycles. The molecule has 1 aliphatic rings. The molecule has 4 heteroatoms. The van der Waals surface area contributed by atoms with Crippen molar-refractivity contribution in [3.63, 3.8) is 0 Å². The van der Waals surface area contributed by atoms with Crippen molar-refractivity contribution < 1.29 is 9.53 Å². The Morgan fingerprint density at radius 2 is 1.79 bits per heavy atom. The van der Waals surface area contributed by atoms with Crippen molar-refractivity contribution in [3.8, 4) is 5.75 Å². The van der Waals surface area contributed by atoms with Crippen LogP contribution in [0.1, 0.15) is 28.8 Å². The van der Waals surface area contributed by atoms with Gasteiger partial charge in [0, 0.05) is 22.5 Å². The Morgan fingerprint density at radius 3 is 2.42 bits per heavy atom. The number of carbonyl (C=O) groups is 1. The smallest absolute Gasteiger partial charge is 0.166 e. The van der Waals surface area contributed by atoms with Crippen LogP contribution in [0, 0.1) is 5.92 Å². The van der Waals surface area contributed by atoms with Crippen LogP contribution in [-0.4, -0.2) is 30.9 Å². The van der Waals surface area contributed by atoms with E-state index in [4.69, 9.17) is 4.74 Å². The summed E-state index contributed by atoms with van der Waals surface area (Å²) in [4.78, 5) is 15.1. The summed E-state index contributed by atoms with van der Waals surface area (Å²) in [6, 6.07) is 15.8. The first-order chi connectivity index (χ1) is 11.7. The lowest BCUT2D eigenvalue weighted by atomic mass is 9.88. The first-order valence-electron chi connectivity index (χ1n) is 8.31. The minimum atomic E-state index is 0.133. The van der Waals surface area contributed by atoms with Crippen LogP contribution >= 0.6 is 15.9 Å². The molecule has 0 saturated carbocycles. The van der Waals surface area contributed by atoms with Gasteiger partial charge in [-0.3, -0.25) is 9.69 Å². The lowest BCUT2D eigenvalue weighted by Crippen LogP contribution is -2.36. The van der Waals surface area contributed by atoms with Crippen LogP contribution in [0.4, 0.5) is 0 Å². The molecule has 0 bridgehead atoms. The van der Waals surface area contributed by atoms with Gasteiger partial charge in [0.25, 0.3) is 0 Å². The number of nitrogens with zero attached hydrogens (tertiary/aromatic N) is 1. The molecular weight excluding hydrogens is 366 g/mol. The van der Waals surface area contributed by atoms with Gasteiger partial charge in [-0.15, -0.1) is 0 Å². The average molecular weight is 388 g/mol. The first-order valence-corrected chi connectivity index (χ1v) is 9.10. The van der Waals surface area contributed by atoms with Gasteiger partial charge in [-0.2, -0.15) is 0 Å². The van der Waals surface area contributed by atoms with E-state index in [1.165, 1.54) is 5.56 Å². The van der Waals surface area contributed by atoms with Crippen LogP contribution in [0.2, 0.25) is 0 Å². The Bertz CT molecular complexity index is 691. The molecule has 0 aromatic heterocycles. The summed E-state index contributed by atoms with van der Waals surface area (Å²) in [6.07, 6.45) is 1.85. The van der Waals surface area contributed by atoms with Crippen molar-refractivity contribution >= 4 is 21.7 Å². The summed E-state index contributed by atoms with van der Waals surface area (Å²) in [6.45, 7) is 2.87. The molecule has 0 radical (unpaired) electrons. The van der Waals surface area contributed by atoms with Gasteiger partial charge < -0.3 is 4.74 Å². The lowest BCUT2D eigenvalue weighted by molar-refractivity contribution is 0.0834. The van der Waals surface area contributed by atoms with Crippen LogP contribution in [0.3, 0.4) is 0 Å². The fourth-order valence-corrected chi connectivity index (χ4v) is 3.62. The summed E-state index contributed by atoms with van der Waals surface area (Å²) >= 11 is 3.61. The molecule has 126 valence electrons. The van der Waals surface area contributed by atoms with E-state index in [-0.39, 0.29) is 11.7 Å². The van der Waals surface area contributed by atoms with Gasteiger partial charge >= 0.3 is 0 Å². The topological polar surface area (TPSA) is 29.5 Å². The quantitative estimate of drug-likeness (QED) is 0.704. The van der Waals surface area contributed by atoms with Gasteiger partial charge in [0.1, 0.15) is 5.75 Å². The number of methoxy groups -OCH3 is 1. The molecule has 3 nitrogen and oxygen atoms in total. The number of ether oxygens (including phenoxy) is 1. The Balaban J connectivity index is 1.56. The third-order valence-electron chi connectivity index (χ3n) is 4.68. The molecule has 0 unspecified atom stereocenters. The predicted molar refractivity (Wildman–Crippen MR) is 99.5 cm³/mol. The van der Waals surface area contributed by atoms with Crippen LogP contribution in [0.5, 0.6) is 5.75 Å². The highest BCUT2D eigenvalue weighted by molar-refractivity contribution is 9.10. The maximum Gasteiger partial charge on any atom is 0.166 e. The third kappa shape index (κ3) is 4.05. The summed E-state index contributed by atoms with van der Waals surface area (Å²) in [5, 5.41) is 0. The highest BCUT2D eigenvalue weighted by atomic mass is 79.9. The lowest BCUT2D eigenvalue weighted by Gasteiger charge is -2.31. The molecule has 24 heavy (non-hydrogen) atoms. The molecule has 0 aliphatic carbocycles. The van der Waals surface area contributed by atoms with Crippen molar-refractivity contribution in [3.05, 3.63) is 64.1 Å². The van der Waals surface area contributed by atoms with Gasteiger partial charge in [0.2, 0.25) is 0 Å². The zero-order valence-electron chi connectivity index (χ0n) is 13.9. The summed E-state index contributed by atoms with van der Waals surface area (Å²) < 4.78 is 6.31. The fourth-order valence-electron chi connectivity index (χ4n) is 3.21. The molecule has 0 N–H and O–H groups in total. The van der Waals surface area contributed by atoms with E-state index in [9.17, 15) is 4.79 Å². The SMILES string of the molecule is COc1ccc(C(=O)C2CCN(Cc3ccccc3Br)CC2)cc1. The minimum Gasteiger partial charge on any atom is -0.497 e. The zero-order chi connectivity index (χ0) is 16.9. The number of piperidine rings is 1. The average Bonchev–Trinajstić information content (AvgIpc) is 2.64. The van der Waals surface area contributed by atoms with Crippen molar-refractivity contribution in [2.24, 2.45) is 5.92 Å². The van der Waals surface area contributed by atoms with Gasteiger partial charge in [-0.25, -0.2) is 0 Å². The summed E-state index contributed by atoms with van der Waals surface area (Å²) in [7, 11) is 1.64. The van der Waals surface area contributed by atoms with Crippen molar-refractivity contribution in [1.29, 1.82) is 0 Å². The van der Waals surface area contributed by atoms with E-state index in [0.29, 0.717) is 0 Å². The molecular formula is C20H22BrNO2. The second kappa shape index (κ2) is 7.95. The standard InChI is InChI=1S/C20H22BrNO2/c1-24-18-8-6-15(7-9-18)20(23)16-10-12-22(13-11-16)14-17-4-2-3-5-19(17)21/h2-9,16H,10-14H2,1H3. The van der Waals surface area contributed by atoms with Crippen molar-refractivity contribution in [2.45, 2.75) is 19.4 Å². The molecule has 0 amide bonds. The van der Waals surface area contributed by atoms with E-state index < -0.39 is 0 Å². The number of likely N-dealkylation sites (tertiary alicyclic amines) is 1. The molecule has 3 rings (SSSR count). The van der Waals surface area contributed by atoms with E-state index >= 15 is 0 Å². The number of Topliss-reactive ketones (excluding diaryl/α,β-unsaturated/α-hetero) is 1. The van der Waals surface area contributed by atoms with Gasteiger partial charge in [0.05, 0.1) is 7.11 Å². The number of hydrogen-bond donors (Lipinski definition) is 0. The maximum atomic E-state index is 12.7. The number of hydrogen-bond acceptors (Lipinski definition) is 3. The second-order valence-electron chi connectivity index (χ2n) is 6.23. The maximum absolute atomic E-state index is 12.7. The summed E-state index contributed by atoms with van der Waals surface area (Å²) in [5.41, 5.74) is 2.09. The van der Waals surface area contributed by atoms with Gasteiger partial charge in [-0.05, 0) is 61.8 Å². The minimum absolute atomic E-state index is 0.133. The Hall–Kier alpha value is -1.65. The first kappa shape index (κ1) is 17.2. The molecule has 0 spiro atoms. The normalized spacial score (nSPS) is 16.1. The number of benzene rings is 2. The fraction of sp³-hybridized carbons (Fsp3) is 0.350. The predicted octanol–water partition coefficient (Wildman–Crippen LogP) is 4.55. The van der Waals surface area contributed by atoms with E-state index in [1.807, 2.05) is 30.3 Å². The van der Waals surface area contributed by atoms with Crippen LogP contribution in [0.15, 0.2) is 53.0 Å². The van der Waals surface area contributed by atoms with E-state index in [0.717, 1.165) is 48.3 Å². The Morgan fingerprint density at radius 1 is 1.12 bits per heavy atom. The number of halogens is 1. The molecule has 1 heterocycles. The van der Waals surface area contributed by atoms with Crippen molar-refractivity contribution in [2.75, 3.05) is 20.2 Å². The Kier molecular flexibility index (Phi) is 5.69.